The van der Waals surface area contributed by atoms with Crippen LogP contribution in [-0.4, -0.2) is 36.0 Å². The molecule has 0 fully saturated rings. The minimum Gasteiger partial charge on any atom is -0.497 e. The summed E-state index contributed by atoms with van der Waals surface area (Å²) < 4.78 is 12.2. The van der Waals surface area contributed by atoms with Gasteiger partial charge < -0.3 is 19.1 Å². The van der Waals surface area contributed by atoms with Crippen LogP contribution in [-0.2, 0) is 16.6 Å². The highest BCUT2D eigenvalue weighted by atomic mass is 32.1. The predicted octanol–water partition coefficient (Wildman–Crippen LogP) is -0.00970. The Labute approximate surface area is 142 Å². The van der Waals surface area contributed by atoms with Crippen molar-refractivity contribution in [3.63, 3.8) is 0 Å². The number of rotatable bonds is 5. The van der Waals surface area contributed by atoms with Crippen molar-refractivity contribution in [1.29, 1.82) is 0 Å². The molecule has 0 aliphatic heterocycles. The fourth-order valence-electron chi connectivity index (χ4n) is 2.12. The van der Waals surface area contributed by atoms with Crippen LogP contribution < -0.4 is 19.5 Å². The Bertz CT molecular complexity index is 893. The summed E-state index contributed by atoms with van der Waals surface area (Å²) in [6, 6.07) is 7.27. The van der Waals surface area contributed by atoms with Gasteiger partial charge in [-0.2, -0.15) is 0 Å². The number of hydrogen-bond acceptors (Lipinski definition) is 6. The Kier molecular flexibility index (Phi) is 5.94. The summed E-state index contributed by atoms with van der Waals surface area (Å²) >= 11 is 1.14. The van der Waals surface area contributed by atoms with E-state index in [4.69, 9.17) is 9.47 Å². The molecule has 1 heterocycles. The second kappa shape index (κ2) is 7.94. The first-order chi connectivity index (χ1) is 11.5. The molecule has 6 nitrogen and oxygen atoms in total. The molecule has 7 heteroatoms. The third kappa shape index (κ3) is 3.74. The summed E-state index contributed by atoms with van der Waals surface area (Å²) in [5.41, 5.74) is 0.680. The lowest BCUT2D eigenvalue weighted by atomic mass is 10.2. The number of carbonyl (C=O) groups excluding carboxylic acids is 1. The normalized spacial score (nSPS) is 12.9. The summed E-state index contributed by atoms with van der Waals surface area (Å²) in [6.07, 6.45) is 1.73. The largest absolute Gasteiger partial charge is 0.497 e. The van der Waals surface area contributed by atoms with Gasteiger partial charge in [-0.25, -0.2) is 4.79 Å². The molecule has 0 atom stereocenters. The van der Waals surface area contributed by atoms with Crippen molar-refractivity contribution in [2.75, 3.05) is 20.3 Å². The molecule has 0 saturated heterocycles. The maximum absolute atomic E-state index is 12.4. The molecule has 1 aromatic heterocycles. The molecule has 0 amide bonds. The number of benzene rings is 1. The van der Waals surface area contributed by atoms with E-state index < -0.39 is 12.6 Å². The zero-order valence-electron chi connectivity index (χ0n) is 13.7. The van der Waals surface area contributed by atoms with Crippen LogP contribution >= 0.6 is 11.3 Å². The first-order valence-electron chi connectivity index (χ1n) is 7.34. The predicted molar refractivity (Wildman–Crippen MR) is 92.5 cm³/mol. The third-order valence-electron chi connectivity index (χ3n) is 3.38. The second-order valence-corrected chi connectivity index (χ2v) is 5.94. The molecular weight excluding hydrogens is 330 g/mol. The van der Waals surface area contributed by atoms with Crippen LogP contribution in [0.3, 0.4) is 0 Å². The van der Waals surface area contributed by atoms with Crippen molar-refractivity contribution in [3.05, 3.63) is 49.4 Å². The topological polar surface area (TPSA) is 77.8 Å². The van der Waals surface area contributed by atoms with Gasteiger partial charge in [0.2, 0.25) is 0 Å². The highest BCUT2D eigenvalue weighted by molar-refractivity contribution is 7.07. The summed E-state index contributed by atoms with van der Waals surface area (Å²) in [5.74, 6) is 0.109. The molecule has 0 aliphatic carbocycles. The summed E-state index contributed by atoms with van der Waals surface area (Å²) in [5, 5.41) is 9.48. The van der Waals surface area contributed by atoms with E-state index in [0.29, 0.717) is 9.20 Å². The van der Waals surface area contributed by atoms with E-state index in [1.807, 2.05) is 12.1 Å². The molecule has 0 unspecified atom stereocenters. The molecule has 1 N–H and O–H groups in total. The summed E-state index contributed by atoms with van der Waals surface area (Å²) in [6.45, 7) is 1.39. The van der Waals surface area contributed by atoms with Gasteiger partial charge in [-0.05, 0) is 30.7 Å². The van der Waals surface area contributed by atoms with Crippen LogP contribution in [0.25, 0.3) is 11.6 Å². The number of aromatic nitrogens is 1. The molecule has 0 spiro atoms. The Morgan fingerprint density at radius 1 is 1.33 bits per heavy atom. The number of carbonyl (C=O) groups is 1. The average molecular weight is 349 g/mol. The van der Waals surface area contributed by atoms with Crippen LogP contribution in [0.4, 0.5) is 0 Å². The molecule has 0 bridgehead atoms. The second-order valence-electron chi connectivity index (χ2n) is 4.91. The molecule has 0 aliphatic rings. The number of ether oxygens (including phenoxy) is 2. The monoisotopic (exact) mass is 349 g/mol. The third-order valence-corrected chi connectivity index (χ3v) is 4.60. The highest BCUT2D eigenvalue weighted by Gasteiger charge is 2.14. The fraction of sp³-hybridized carbons (Fsp3) is 0.294. The van der Waals surface area contributed by atoms with Crippen molar-refractivity contribution in [2.24, 2.45) is 7.05 Å². The zero-order chi connectivity index (χ0) is 17.7. The summed E-state index contributed by atoms with van der Waals surface area (Å²) in [7, 11) is 3.15. The summed E-state index contributed by atoms with van der Waals surface area (Å²) in [4.78, 5) is 24.3. The van der Waals surface area contributed by atoms with Crippen molar-refractivity contribution in [3.8, 4) is 5.75 Å². The number of aliphatic hydroxyl groups excluding tert-OH is 1. The quantitative estimate of drug-likeness (QED) is 0.769. The van der Waals surface area contributed by atoms with Crippen LogP contribution in [0, 0.1) is 0 Å². The lowest BCUT2D eigenvalue weighted by Gasteiger charge is -2.02. The average Bonchev–Trinajstić information content (AvgIpc) is 2.85. The van der Waals surface area contributed by atoms with E-state index in [-0.39, 0.29) is 17.7 Å². The maximum atomic E-state index is 12.4. The number of nitrogens with zero attached hydrogens (tertiary/aromatic N) is 1. The van der Waals surface area contributed by atoms with E-state index in [1.165, 1.54) is 4.57 Å². The number of thiazole rings is 1. The van der Waals surface area contributed by atoms with Crippen molar-refractivity contribution >= 4 is 29.0 Å². The fourth-order valence-corrected chi connectivity index (χ4v) is 3.24. The number of aliphatic hydroxyl groups is 1. The lowest BCUT2D eigenvalue weighted by molar-refractivity contribution is -0.136. The molecule has 1 aromatic carbocycles. The molecule has 0 saturated carbocycles. The van der Waals surface area contributed by atoms with Gasteiger partial charge in [-0.15, -0.1) is 11.3 Å². The van der Waals surface area contributed by atoms with Crippen LogP contribution in [0.15, 0.2) is 29.1 Å². The van der Waals surface area contributed by atoms with Crippen LogP contribution in [0.1, 0.15) is 12.5 Å². The molecule has 0 radical (unpaired) electrons. The smallest absolute Gasteiger partial charge is 0.339 e. The molecule has 24 heavy (non-hydrogen) atoms. The number of esters is 1. The van der Waals surface area contributed by atoms with Crippen LogP contribution in [0.5, 0.6) is 5.75 Å². The first-order valence-corrected chi connectivity index (χ1v) is 8.16. The maximum Gasteiger partial charge on any atom is 0.339 e. The molecule has 128 valence electrons. The Hall–Kier alpha value is -2.38. The van der Waals surface area contributed by atoms with E-state index in [2.05, 4.69) is 0 Å². The standard InChI is InChI=1S/C17H19NO5S/c1-4-23-17(21)13(10-19)16-18(2)15(20)14(24-16)9-11-5-7-12(22-3)8-6-11/h5-9,19H,4,10H2,1-3H3. The Morgan fingerprint density at radius 3 is 2.54 bits per heavy atom. The Balaban J connectivity index is 2.60. The highest BCUT2D eigenvalue weighted by Crippen LogP contribution is 2.11. The SMILES string of the molecule is CCOC(=O)C(CO)=c1sc(=Cc2ccc(OC)cc2)c(=O)n1C. The minimum atomic E-state index is -0.618. The van der Waals surface area contributed by atoms with Gasteiger partial charge in [0.1, 0.15) is 10.4 Å². The van der Waals surface area contributed by atoms with Gasteiger partial charge in [-0.3, -0.25) is 4.79 Å². The zero-order valence-corrected chi connectivity index (χ0v) is 14.6. The van der Waals surface area contributed by atoms with E-state index in [0.717, 1.165) is 22.6 Å². The van der Waals surface area contributed by atoms with Gasteiger partial charge in [0.25, 0.3) is 5.56 Å². The number of methoxy groups -OCH3 is 1. The van der Waals surface area contributed by atoms with Crippen molar-refractivity contribution in [2.45, 2.75) is 6.92 Å². The molecule has 2 rings (SSSR count). The van der Waals surface area contributed by atoms with Gasteiger partial charge >= 0.3 is 5.97 Å². The van der Waals surface area contributed by atoms with Gasteiger partial charge in [0.05, 0.1) is 30.4 Å². The Morgan fingerprint density at radius 2 is 2.00 bits per heavy atom. The van der Waals surface area contributed by atoms with Gasteiger partial charge in [0, 0.05) is 7.05 Å². The van der Waals surface area contributed by atoms with Crippen molar-refractivity contribution in [1.82, 2.24) is 4.57 Å². The number of hydrogen-bond donors (Lipinski definition) is 1. The van der Waals surface area contributed by atoms with Gasteiger partial charge in [-0.1, -0.05) is 12.1 Å². The minimum absolute atomic E-state index is 0.0795. The van der Waals surface area contributed by atoms with E-state index >= 15 is 0 Å². The molecule has 2 aromatic rings. The lowest BCUT2D eigenvalue weighted by Crippen LogP contribution is -2.31. The van der Waals surface area contributed by atoms with Gasteiger partial charge in [0.15, 0.2) is 0 Å². The van der Waals surface area contributed by atoms with E-state index in [1.54, 1.807) is 39.3 Å². The first kappa shape index (κ1) is 18.0. The van der Waals surface area contributed by atoms with Crippen molar-refractivity contribution < 1.29 is 19.4 Å². The molecular formula is C17H19NO5S. The van der Waals surface area contributed by atoms with E-state index in [9.17, 15) is 14.7 Å². The van der Waals surface area contributed by atoms with Crippen LogP contribution in [0.2, 0.25) is 0 Å².